The van der Waals surface area contributed by atoms with Crippen LogP contribution in [0.4, 0.5) is 0 Å². The Morgan fingerprint density at radius 1 is 1.26 bits per heavy atom. The highest BCUT2D eigenvalue weighted by molar-refractivity contribution is 5.83. The third kappa shape index (κ3) is 5.45. The molecule has 3 aromatic rings. The largest absolute Gasteiger partial charge is 0.465 e. The summed E-state index contributed by atoms with van der Waals surface area (Å²) in [5.41, 5.74) is 3.83. The lowest BCUT2D eigenvalue weighted by molar-refractivity contribution is -0.144. The molecule has 1 saturated carbocycles. The van der Waals surface area contributed by atoms with Crippen LogP contribution >= 0.6 is 0 Å². The fourth-order valence-corrected chi connectivity index (χ4v) is 5.22. The van der Waals surface area contributed by atoms with Crippen LogP contribution in [0.1, 0.15) is 80.9 Å². The third-order valence-electron chi connectivity index (χ3n) is 7.18. The van der Waals surface area contributed by atoms with Gasteiger partial charge in [0, 0.05) is 18.2 Å². The van der Waals surface area contributed by atoms with E-state index in [1.807, 2.05) is 13.0 Å². The topological polar surface area (TPSA) is 106 Å². The standard InChI is InChI=1S/C26H36N6O3/c1-5-9-22(25-28-29-30-32(25)16-23(33)35-6-2)31(21-10-7-8-11-21)15-20-14-19-13-12-17(3)18(4)24(19)27-26(20)34/h12-14,21-22H,5-11,15-16H2,1-4H3,(H,27,34). The number of hydrogen-bond donors (Lipinski definition) is 1. The lowest BCUT2D eigenvalue weighted by Crippen LogP contribution is -2.39. The molecule has 1 fully saturated rings. The molecule has 35 heavy (non-hydrogen) atoms. The van der Waals surface area contributed by atoms with Gasteiger partial charge in [0.15, 0.2) is 5.82 Å². The van der Waals surface area contributed by atoms with Crippen molar-refractivity contribution in [2.75, 3.05) is 6.61 Å². The maximum absolute atomic E-state index is 13.2. The highest BCUT2D eigenvalue weighted by Crippen LogP contribution is 2.34. The lowest BCUT2D eigenvalue weighted by atomic mass is 10.0. The molecule has 1 unspecified atom stereocenters. The molecule has 1 aromatic carbocycles. The molecule has 0 amide bonds. The minimum Gasteiger partial charge on any atom is -0.465 e. The van der Waals surface area contributed by atoms with Crippen LogP contribution in [0.5, 0.6) is 0 Å². The van der Waals surface area contributed by atoms with E-state index in [0.717, 1.165) is 53.3 Å². The van der Waals surface area contributed by atoms with Gasteiger partial charge in [-0.3, -0.25) is 14.5 Å². The van der Waals surface area contributed by atoms with E-state index in [2.05, 4.69) is 51.4 Å². The fourth-order valence-electron chi connectivity index (χ4n) is 5.22. The molecule has 0 aliphatic heterocycles. The van der Waals surface area contributed by atoms with Gasteiger partial charge in [-0.2, -0.15) is 0 Å². The van der Waals surface area contributed by atoms with Crippen molar-refractivity contribution in [1.29, 1.82) is 0 Å². The number of carbonyl (C=O) groups excluding carboxylic acids is 1. The van der Waals surface area contributed by atoms with Crippen LogP contribution in [-0.2, 0) is 22.6 Å². The first-order valence-corrected chi connectivity index (χ1v) is 12.7. The molecule has 9 nitrogen and oxygen atoms in total. The minimum absolute atomic E-state index is 0.0237. The lowest BCUT2D eigenvalue weighted by Gasteiger charge is -2.35. The Bertz CT molecular complexity index is 1230. The van der Waals surface area contributed by atoms with E-state index in [9.17, 15) is 9.59 Å². The summed E-state index contributed by atoms with van der Waals surface area (Å²) in [6.45, 7) is 8.80. The number of aromatic nitrogens is 5. The summed E-state index contributed by atoms with van der Waals surface area (Å²) in [4.78, 5) is 30.9. The van der Waals surface area contributed by atoms with Crippen LogP contribution in [0.15, 0.2) is 23.0 Å². The fraction of sp³-hybridized carbons (Fsp3) is 0.577. The molecule has 0 bridgehead atoms. The molecule has 188 valence electrons. The van der Waals surface area contributed by atoms with Gasteiger partial charge in [-0.15, -0.1) is 5.10 Å². The maximum atomic E-state index is 13.2. The zero-order valence-electron chi connectivity index (χ0n) is 21.2. The first-order valence-electron chi connectivity index (χ1n) is 12.7. The van der Waals surface area contributed by atoms with Crippen LogP contribution < -0.4 is 5.56 Å². The van der Waals surface area contributed by atoms with Crippen LogP contribution in [0.2, 0.25) is 0 Å². The number of aromatic amines is 1. The Hall–Kier alpha value is -3.07. The van der Waals surface area contributed by atoms with E-state index in [1.165, 1.54) is 12.8 Å². The second-order valence-electron chi connectivity index (χ2n) is 9.51. The molecule has 2 aromatic heterocycles. The Kier molecular flexibility index (Phi) is 7.95. The van der Waals surface area contributed by atoms with E-state index in [0.29, 0.717) is 25.0 Å². The number of fused-ring (bicyclic) bond motifs is 1. The predicted molar refractivity (Wildman–Crippen MR) is 134 cm³/mol. The molecule has 1 aliphatic carbocycles. The Morgan fingerprint density at radius 2 is 2.03 bits per heavy atom. The quantitative estimate of drug-likeness (QED) is 0.438. The van der Waals surface area contributed by atoms with Gasteiger partial charge in [-0.25, -0.2) is 4.68 Å². The Morgan fingerprint density at radius 3 is 2.74 bits per heavy atom. The second kappa shape index (κ2) is 11.1. The first-order chi connectivity index (χ1) is 16.9. The number of esters is 1. The monoisotopic (exact) mass is 480 g/mol. The van der Waals surface area contributed by atoms with Gasteiger partial charge < -0.3 is 9.72 Å². The number of nitrogens with one attached hydrogen (secondary N) is 1. The molecule has 2 heterocycles. The van der Waals surface area contributed by atoms with Crippen molar-refractivity contribution < 1.29 is 9.53 Å². The van der Waals surface area contributed by atoms with Gasteiger partial charge in [0.1, 0.15) is 6.54 Å². The second-order valence-corrected chi connectivity index (χ2v) is 9.51. The average Bonchev–Trinajstić information content (AvgIpc) is 3.52. The van der Waals surface area contributed by atoms with Crippen molar-refractivity contribution in [3.8, 4) is 0 Å². The summed E-state index contributed by atoms with van der Waals surface area (Å²) >= 11 is 0. The van der Waals surface area contributed by atoms with Gasteiger partial charge >= 0.3 is 5.97 Å². The number of aryl methyl sites for hydroxylation is 2. The summed E-state index contributed by atoms with van der Waals surface area (Å²) in [7, 11) is 0. The number of tetrazole rings is 1. The summed E-state index contributed by atoms with van der Waals surface area (Å²) < 4.78 is 6.68. The molecule has 0 saturated heterocycles. The van der Waals surface area contributed by atoms with Crippen LogP contribution in [0.25, 0.3) is 10.9 Å². The van der Waals surface area contributed by atoms with Gasteiger partial charge in [-0.1, -0.05) is 38.3 Å². The van der Waals surface area contributed by atoms with Gasteiger partial charge in [0.05, 0.1) is 18.2 Å². The van der Waals surface area contributed by atoms with Gasteiger partial charge in [0.25, 0.3) is 5.56 Å². The van der Waals surface area contributed by atoms with Crippen molar-refractivity contribution in [2.45, 2.75) is 91.4 Å². The predicted octanol–water partition coefficient (Wildman–Crippen LogP) is 3.98. The van der Waals surface area contributed by atoms with Crippen LogP contribution in [0, 0.1) is 13.8 Å². The maximum Gasteiger partial charge on any atom is 0.327 e. The highest BCUT2D eigenvalue weighted by Gasteiger charge is 2.33. The summed E-state index contributed by atoms with van der Waals surface area (Å²) in [5.74, 6) is 0.288. The first kappa shape index (κ1) is 25.0. The van der Waals surface area contributed by atoms with Crippen LogP contribution in [0.3, 0.4) is 0 Å². The number of carbonyl (C=O) groups is 1. The Labute approximate surface area is 205 Å². The molecule has 1 aliphatic rings. The summed E-state index contributed by atoms with van der Waals surface area (Å²) in [6, 6.07) is 6.41. The highest BCUT2D eigenvalue weighted by atomic mass is 16.5. The van der Waals surface area contributed by atoms with Crippen molar-refractivity contribution >= 4 is 16.9 Å². The van der Waals surface area contributed by atoms with Crippen molar-refractivity contribution in [3.05, 3.63) is 51.1 Å². The minimum atomic E-state index is -0.361. The summed E-state index contributed by atoms with van der Waals surface area (Å²) in [5, 5.41) is 13.4. The molecular formula is C26H36N6O3. The van der Waals surface area contributed by atoms with Gasteiger partial charge in [0.2, 0.25) is 0 Å². The molecule has 0 radical (unpaired) electrons. The molecule has 4 rings (SSSR count). The number of nitrogens with zero attached hydrogens (tertiary/aromatic N) is 5. The molecule has 1 N–H and O–H groups in total. The van der Waals surface area contributed by atoms with Crippen LogP contribution in [-0.4, -0.2) is 48.7 Å². The van der Waals surface area contributed by atoms with E-state index < -0.39 is 0 Å². The van der Waals surface area contributed by atoms with E-state index in [-0.39, 0.29) is 24.1 Å². The normalized spacial score (nSPS) is 15.2. The van der Waals surface area contributed by atoms with E-state index in [4.69, 9.17) is 4.74 Å². The van der Waals surface area contributed by atoms with Crippen molar-refractivity contribution in [3.63, 3.8) is 0 Å². The number of pyridine rings is 1. The zero-order chi connectivity index (χ0) is 24.9. The number of ether oxygens (including phenoxy) is 1. The number of H-pyrrole nitrogens is 1. The van der Waals surface area contributed by atoms with E-state index in [1.54, 1.807) is 11.6 Å². The zero-order valence-corrected chi connectivity index (χ0v) is 21.2. The smallest absolute Gasteiger partial charge is 0.327 e. The molecule has 1 atom stereocenters. The SMILES string of the molecule is CCCC(c1nnnn1CC(=O)OCC)N(Cc1cc2ccc(C)c(C)c2[nH]c1=O)C1CCCC1. The van der Waals surface area contributed by atoms with Crippen molar-refractivity contribution in [2.24, 2.45) is 0 Å². The van der Waals surface area contributed by atoms with Crippen molar-refractivity contribution in [1.82, 2.24) is 30.1 Å². The van der Waals surface area contributed by atoms with E-state index >= 15 is 0 Å². The molecular weight excluding hydrogens is 444 g/mol. The Balaban J connectivity index is 1.72. The molecule has 0 spiro atoms. The average molecular weight is 481 g/mol. The third-order valence-corrected chi connectivity index (χ3v) is 7.18. The number of hydrogen-bond acceptors (Lipinski definition) is 7. The number of benzene rings is 1. The number of rotatable bonds is 10. The van der Waals surface area contributed by atoms with Gasteiger partial charge in [-0.05, 0) is 73.0 Å². The molecule has 9 heteroatoms. The summed E-state index contributed by atoms with van der Waals surface area (Å²) in [6.07, 6.45) is 6.23.